The van der Waals surface area contributed by atoms with Crippen LogP contribution in [0, 0.1) is 5.41 Å². The first-order valence-corrected chi connectivity index (χ1v) is 6.11. The van der Waals surface area contributed by atoms with Gasteiger partial charge < -0.3 is 4.74 Å². The summed E-state index contributed by atoms with van der Waals surface area (Å²) in [7, 11) is 0. The summed E-state index contributed by atoms with van der Waals surface area (Å²) in [5.41, 5.74) is -1.48. The molecular weight excluding hydrogens is 232 g/mol. The number of ether oxygens (including phenoxy) is 1. The van der Waals surface area contributed by atoms with Gasteiger partial charge in [0.15, 0.2) is 0 Å². The number of ketones is 2. The molecule has 0 aliphatic heterocycles. The Labute approximate surface area is 107 Å². The van der Waals surface area contributed by atoms with Crippen LogP contribution in [0.2, 0.25) is 0 Å². The molecule has 1 aliphatic carbocycles. The highest BCUT2D eigenvalue weighted by Gasteiger charge is 2.44. The fourth-order valence-corrected chi connectivity index (χ4v) is 1.89. The molecule has 0 heterocycles. The molecule has 0 aromatic rings. The van der Waals surface area contributed by atoms with Gasteiger partial charge in [0.1, 0.15) is 17.2 Å². The van der Waals surface area contributed by atoms with Crippen molar-refractivity contribution in [3.05, 3.63) is 12.2 Å². The van der Waals surface area contributed by atoms with Crippen molar-refractivity contribution < 1.29 is 19.1 Å². The second-order valence-electron chi connectivity index (χ2n) is 5.82. The highest BCUT2D eigenvalue weighted by molar-refractivity contribution is 6.12. The Morgan fingerprint density at radius 2 is 1.78 bits per heavy atom. The fourth-order valence-electron chi connectivity index (χ4n) is 1.89. The van der Waals surface area contributed by atoms with Crippen molar-refractivity contribution in [1.29, 1.82) is 0 Å². The van der Waals surface area contributed by atoms with Crippen LogP contribution in [0.1, 0.15) is 47.0 Å². The maximum atomic E-state index is 11.6. The smallest absolute Gasteiger partial charge is 0.330 e. The Bertz CT molecular complexity index is 383. The van der Waals surface area contributed by atoms with Crippen LogP contribution in [-0.4, -0.2) is 23.1 Å². The number of carbonyl (C=O) groups is 3. The standard InChI is InChI=1S/C14H20O4/c1-13(2,3)18-12(17)6-5-9-14(4)10(15)7-8-11(14)16/h5-6H,7-9H2,1-4H3. The van der Waals surface area contributed by atoms with Crippen molar-refractivity contribution in [3.8, 4) is 0 Å². The minimum absolute atomic E-state index is 0.0404. The average Bonchev–Trinajstić information content (AvgIpc) is 2.44. The van der Waals surface area contributed by atoms with Crippen molar-refractivity contribution >= 4 is 17.5 Å². The van der Waals surface area contributed by atoms with Gasteiger partial charge in [-0.3, -0.25) is 9.59 Å². The topological polar surface area (TPSA) is 60.4 Å². The van der Waals surface area contributed by atoms with Crippen molar-refractivity contribution in [1.82, 2.24) is 0 Å². The first-order valence-electron chi connectivity index (χ1n) is 6.11. The monoisotopic (exact) mass is 252 g/mol. The Balaban J connectivity index is 2.57. The number of allylic oxidation sites excluding steroid dienone is 1. The number of rotatable bonds is 3. The van der Waals surface area contributed by atoms with Crippen LogP contribution in [-0.2, 0) is 19.1 Å². The molecule has 4 heteroatoms. The van der Waals surface area contributed by atoms with Crippen LogP contribution in [0.25, 0.3) is 0 Å². The Kier molecular flexibility index (Phi) is 4.09. The third-order valence-electron chi connectivity index (χ3n) is 3.00. The van der Waals surface area contributed by atoms with Gasteiger partial charge in [-0.15, -0.1) is 0 Å². The molecular formula is C14H20O4. The molecule has 0 radical (unpaired) electrons. The van der Waals surface area contributed by atoms with Gasteiger partial charge in [0.05, 0.1) is 5.41 Å². The Morgan fingerprint density at radius 1 is 1.28 bits per heavy atom. The van der Waals surface area contributed by atoms with Gasteiger partial charge in [-0.25, -0.2) is 4.79 Å². The molecule has 1 saturated carbocycles. The van der Waals surface area contributed by atoms with E-state index >= 15 is 0 Å². The zero-order valence-corrected chi connectivity index (χ0v) is 11.4. The van der Waals surface area contributed by atoms with E-state index in [0.29, 0.717) is 12.8 Å². The van der Waals surface area contributed by atoms with E-state index in [0.717, 1.165) is 0 Å². The lowest BCUT2D eigenvalue weighted by Crippen LogP contribution is -2.28. The van der Waals surface area contributed by atoms with E-state index in [1.54, 1.807) is 33.8 Å². The molecule has 4 nitrogen and oxygen atoms in total. The van der Waals surface area contributed by atoms with Crippen molar-refractivity contribution in [2.45, 2.75) is 52.6 Å². The number of esters is 1. The van der Waals surface area contributed by atoms with Crippen LogP contribution >= 0.6 is 0 Å². The highest BCUT2D eigenvalue weighted by atomic mass is 16.6. The van der Waals surface area contributed by atoms with Crippen LogP contribution in [0.3, 0.4) is 0 Å². The van der Waals surface area contributed by atoms with Gasteiger partial charge in [-0.2, -0.15) is 0 Å². The second kappa shape index (κ2) is 5.04. The zero-order chi connectivity index (χ0) is 14.0. The molecule has 0 unspecified atom stereocenters. The maximum Gasteiger partial charge on any atom is 0.330 e. The molecule has 0 bridgehead atoms. The number of Topliss-reactive ketones (excluding diaryl/α,β-unsaturated/α-hetero) is 2. The van der Waals surface area contributed by atoms with Gasteiger partial charge in [-0.1, -0.05) is 6.08 Å². The van der Waals surface area contributed by atoms with E-state index in [-0.39, 0.29) is 18.0 Å². The maximum absolute atomic E-state index is 11.6. The summed E-state index contributed by atoms with van der Waals surface area (Å²) < 4.78 is 5.09. The lowest BCUT2D eigenvalue weighted by Gasteiger charge is -2.19. The predicted molar refractivity (Wildman–Crippen MR) is 67.0 cm³/mol. The molecule has 0 aromatic heterocycles. The number of hydrogen-bond donors (Lipinski definition) is 0. The van der Waals surface area contributed by atoms with Gasteiger partial charge in [0.25, 0.3) is 0 Å². The number of hydrogen-bond acceptors (Lipinski definition) is 4. The summed E-state index contributed by atoms with van der Waals surface area (Å²) in [4.78, 5) is 34.7. The summed E-state index contributed by atoms with van der Waals surface area (Å²) in [6, 6.07) is 0. The first-order chi connectivity index (χ1) is 8.15. The lowest BCUT2D eigenvalue weighted by molar-refractivity contribution is -0.148. The van der Waals surface area contributed by atoms with Crippen LogP contribution in [0.4, 0.5) is 0 Å². The van der Waals surface area contributed by atoms with E-state index in [4.69, 9.17) is 4.74 Å². The molecule has 18 heavy (non-hydrogen) atoms. The number of carbonyl (C=O) groups excluding carboxylic acids is 3. The van der Waals surface area contributed by atoms with Crippen LogP contribution in [0.5, 0.6) is 0 Å². The highest BCUT2D eigenvalue weighted by Crippen LogP contribution is 2.34. The van der Waals surface area contributed by atoms with E-state index in [9.17, 15) is 14.4 Å². The minimum atomic E-state index is -0.946. The fraction of sp³-hybridized carbons (Fsp3) is 0.643. The van der Waals surface area contributed by atoms with Crippen LogP contribution < -0.4 is 0 Å². The lowest BCUT2D eigenvalue weighted by atomic mass is 9.83. The first kappa shape index (κ1) is 14.6. The minimum Gasteiger partial charge on any atom is -0.457 e. The van der Waals surface area contributed by atoms with Crippen molar-refractivity contribution in [2.75, 3.05) is 0 Å². The summed E-state index contributed by atoms with van der Waals surface area (Å²) in [6.07, 6.45) is 3.74. The SMILES string of the molecule is CC(C)(C)OC(=O)C=CCC1(C)C(=O)CCC1=O. The average molecular weight is 252 g/mol. The molecule has 0 aromatic carbocycles. The third-order valence-corrected chi connectivity index (χ3v) is 3.00. The molecule has 0 atom stereocenters. The molecule has 0 saturated heterocycles. The zero-order valence-electron chi connectivity index (χ0n) is 11.4. The molecule has 100 valence electrons. The molecule has 1 fully saturated rings. The Hall–Kier alpha value is -1.45. The summed E-state index contributed by atoms with van der Waals surface area (Å²) in [5.74, 6) is -0.535. The molecule has 1 aliphatic rings. The molecule has 0 N–H and O–H groups in total. The molecule has 0 spiro atoms. The summed E-state index contributed by atoms with van der Waals surface area (Å²) >= 11 is 0. The molecule has 1 rings (SSSR count). The van der Waals surface area contributed by atoms with Crippen molar-refractivity contribution in [2.24, 2.45) is 5.41 Å². The van der Waals surface area contributed by atoms with Gasteiger partial charge in [-0.05, 0) is 34.1 Å². The summed E-state index contributed by atoms with van der Waals surface area (Å²) in [5, 5.41) is 0. The van der Waals surface area contributed by atoms with E-state index in [2.05, 4.69) is 0 Å². The van der Waals surface area contributed by atoms with Gasteiger partial charge >= 0.3 is 5.97 Å². The Morgan fingerprint density at radius 3 is 2.22 bits per heavy atom. The predicted octanol–water partition coefficient (Wildman–Crippen LogP) is 2.21. The van der Waals surface area contributed by atoms with E-state index < -0.39 is 17.0 Å². The van der Waals surface area contributed by atoms with Crippen molar-refractivity contribution in [3.63, 3.8) is 0 Å². The van der Waals surface area contributed by atoms with Gasteiger partial charge in [0, 0.05) is 18.9 Å². The normalized spacial score (nSPS) is 19.6. The summed E-state index contributed by atoms with van der Waals surface area (Å²) in [6.45, 7) is 6.99. The largest absolute Gasteiger partial charge is 0.457 e. The van der Waals surface area contributed by atoms with Gasteiger partial charge in [0.2, 0.25) is 0 Å². The molecule has 0 amide bonds. The third kappa shape index (κ3) is 3.52. The van der Waals surface area contributed by atoms with E-state index in [1.807, 2.05) is 0 Å². The quantitative estimate of drug-likeness (QED) is 0.439. The van der Waals surface area contributed by atoms with E-state index in [1.165, 1.54) is 6.08 Å². The second-order valence-corrected chi connectivity index (χ2v) is 5.82. The van der Waals surface area contributed by atoms with Crippen LogP contribution in [0.15, 0.2) is 12.2 Å².